The van der Waals surface area contributed by atoms with Crippen molar-refractivity contribution in [2.45, 2.75) is 52.7 Å². The molecule has 4 nitrogen and oxygen atoms in total. The summed E-state index contributed by atoms with van der Waals surface area (Å²) in [4.78, 5) is 2.34. The second kappa shape index (κ2) is 7.97. The summed E-state index contributed by atoms with van der Waals surface area (Å²) in [5.74, 6) is 2.77. The van der Waals surface area contributed by atoms with Crippen LogP contribution in [0.25, 0.3) is 0 Å². The van der Waals surface area contributed by atoms with Crippen molar-refractivity contribution in [3.05, 3.63) is 23.2 Å². The molecule has 0 aromatic carbocycles. The first-order valence-corrected chi connectivity index (χ1v) is 8.12. The molecule has 120 valence electrons. The number of rotatable bonds is 7. The average molecular weight is 294 g/mol. The third-order valence-corrected chi connectivity index (χ3v) is 4.02. The number of hydrogen-bond acceptors (Lipinski definition) is 4. The van der Waals surface area contributed by atoms with Gasteiger partial charge in [-0.05, 0) is 38.8 Å². The van der Waals surface area contributed by atoms with Gasteiger partial charge >= 0.3 is 0 Å². The lowest BCUT2D eigenvalue weighted by molar-refractivity contribution is 0.0403. The van der Waals surface area contributed by atoms with Crippen LogP contribution < -0.4 is 5.32 Å². The van der Waals surface area contributed by atoms with E-state index in [-0.39, 0.29) is 0 Å². The lowest BCUT2D eigenvalue weighted by atomic mass is 10.0. The smallest absolute Gasteiger partial charge is 0.118 e. The fourth-order valence-electron chi connectivity index (χ4n) is 2.88. The Hall–Kier alpha value is -0.840. The quantitative estimate of drug-likeness (QED) is 0.839. The molecule has 1 aliphatic heterocycles. The first kappa shape index (κ1) is 16.5. The van der Waals surface area contributed by atoms with Gasteiger partial charge in [-0.15, -0.1) is 0 Å². The van der Waals surface area contributed by atoms with Gasteiger partial charge in [0.05, 0.1) is 13.2 Å². The molecule has 1 atom stereocenters. The van der Waals surface area contributed by atoms with Crippen molar-refractivity contribution in [2.75, 3.05) is 26.8 Å². The van der Waals surface area contributed by atoms with Gasteiger partial charge in [0.25, 0.3) is 0 Å². The predicted octanol–water partition coefficient (Wildman–Crippen LogP) is 2.94. The molecular weight excluding hydrogens is 264 g/mol. The van der Waals surface area contributed by atoms with Crippen LogP contribution in [0.15, 0.2) is 10.5 Å². The second-order valence-electron chi connectivity index (χ2n) is 6.61. The highest BCUT2D eigenvalue weighted by Crippen LogP contribution is 2.18. The van der Waals surface area contributed by atoms with Gasteiger partial charge in [-0.25, -0.2) is 0 Å². The fraction of sp³-hybridized carbons (Fsp3) is 0.765. The van der Waals surface area contributed by atoms with Crippen LogP contribution in [0, 0.1) is 12.8 Å². The molecule has 1 aromatic rings. The topological polar surface area (TPSA) is 37.6 Å². The Morgan fingerprint density at radius 1 is 1.43 bits per heavy atom. The lowest BCUT2D eigenvalue weighted by Crippen LogP contribution is -2.30. The molecule has 4 heteroatoms. The zero-order valence-corrected chi connectivity index (χ0v) is 13.9. The van der Waals surface area contributed by atoms with Gasteiger partial charge in [-0.3, -0.25) is 4.90 Å². The van der Waals surface area contributed by atoms with Crippen molar-refractivity contribution in [3.63, 3.8) is 0 Å². The molecule has 2 heterocycles. The molecule has 21 heavy (non-hydrogen) atoms. The summed E-state index contributed by atoms with van der Waals surface area (Å²) in [6, 6.07) is 2.69. The summed E-state index contributed by atoms with van der Waals surface area (Å²) in [7, 11) is 2.17. The molecule has 1 aliphatic rings. The Kier molecular flexibility index (Phi) is 6.27. The Morgan fingerprint density at radius 2 is 2.24 bits per heavy atom. The fourth-order valence-corrected chi connectivity index (χ4v) is 2.88. The van der Waals surface area contributed by atoms with Crippen LogP contribution in [0.4, 0.5) is 0 Å². The van der Waals surface area contributed by atoms with E-state index in [0.717, 1.165) is 44.4 Å². The van der Waals surface area contributed by atoms with Crippen LogP contribution in [0.1, 0.15) is 43.8 Å². The maximum absolute atomic E-state index is 5.89. The van der Waals surface area contributed by atoms with E-state index in [2.05, 4.69) is 44.1 Å². The number of hydrogen-bond donors (Lipinski definition) is 1. The monoisotopic (exact) mass is 294 g/mol. The summed E-state index contributed by atoms with van der Waals surface area (Å²) in [5, 5.41) is 3.44. The van der Waals surface area contributed by atoms with E-state index in [1.807, 2.05) is 0 Å². The molecule has 0 amide bonds. The molecule has 0 aliphatic carbocycles. The highest BCUT2D eigenvalue weighted by atomic mass is 16.5. The third-order valence-electron chi connectivity index (χ3n) is 4.02. The highest BCUT2D eigenvalue weighted by molar-refractivity contribution is 5.20. The second-order valence-corrected chi connectivity index (χ2v) is 6.61. The zero-order valence-electron chi connectivity index (χ0n) is 13.9. The summed E-state index contributed by atoms with van der Waals surface area (Å²) >= 11 is 0. The summed E-state index contributed by atoms with van der Waals surface area (Å²) in [5.41, 5.74) is 1.27. The molecular formula is C17H30N2O2. The number of nitrogens with one attached hydrogen (secondary N) is 1. The minimum Gasteiger partial charge on any atom is -0.465 e. The molecule has 1 N–H and O–H groups in total. The van der Waals surface area contributed by atoms with Gasteiger partial charge in [0.2, 0.25) is 0 Å². The van der Waals surface area contributed by atoms with Crippen molar-refractivity contribution < 1.29 is 9.15 Å². The van der Waals surface area contributed by atoms with E-state index in [0.29, 0.717) is 12.0 Å². The van der Waals surface area contributed by atoms with Gasteiger partial charge in [-0.1, -0.05) is 13.8 Å². The Labute approximate surface area is 128 Å². The Bertz CT molecular complexity index is 422. The van der Waals surface area contributed by atoms with Crippen LogP contribution in [0.3, 0.4) is 0 Å². The molecule has 0 bridgehead atoms. The minimum atomic E-state index is 0.497. The minimum absolute atomic E-state index is 0.497. The van der Waals surface area contributed by atoms with E-state index >= 15 is 0 Å². The van der Waals surface area contributed by atoms with Crippen molar-refractivity contribution in [1.29, 1.82) is 0 Å². The van der Waals surface area contributed by atoms with E-state index in [1.54, 1.807) is 0 Å². The summed E-state index contributed by atoms with van der Waals surface area (Å²) < 4.78 is 11.4. The normalized spacial score (nSPS) is 19.6. The standard InChI is InChI=1S/C17H30N2O2/c1-13(2)18-9-16-8-17(21-14(16)3)11-19(4)10-15-6-5-7-20-12-15/h8,13,15,18H,5-7,9-12H2,1-4H3. The van der Waals surface area contributed by atoms with Crippen LogP contribution >= 0.6 is 0 Å². The number of aryl methyl sites for hydroxylation is 1. The van der Waals surface area contributed by atoms with Crippen LogP contribution in [-0.2, 0) is 17.8 Å². The summed E-state index contributed by atoms with van der Waals surface area (Å²) in [6.45, 7) is 11.1. The van der Waals surface area contributed by atoms with Gasteiger partial charge in [0.1, 0.15) is 11.5 Å². The molecule has 1 saturated heterocycles. The van der Waals surface area contributed by atoms with Crippen LogP contribution in [-0.4, -0.2) is 37.7 Å². The van der Waals surface area contributed by atoms with Crippen molar-refractivity contribution in [3.8, 4) is 0 Å². The van der Waals surface area contributed by atoms with Crippen molar-refractivity contribution in [1.82, 2.24) is 10.2 Å². The van der Waals surface area contributed by atoms with E-state index in [1.165, 1.54) is 18.4 Å². The van der Waals surface area contributed by atoms with E-state index in [4.69, 9.17) is 9.15 Å². The highest BCUT2D eigenvalue weighted by Gasteiger charge is 2.17. The Morgan fingerprint density at radius 3 is 2.90 bits per heavy atom. The van der Waals surface area contributed by atoms with Gasteiger partial charge in [0.15, 0.2) is 0 Å². The maximum Gasteiger partial charge on any atom is 0.118 e. The number of ether oxygens (including phenoxy) is 1. The van der Waals surface area contributed by atoms with E-state index in [9.17, 15) is 0 Å². The average Bonchev–Trinajstić information content (AvgIpc) is 2.77. The van der Waals surface area contributed by atoms with Crippen molar-refractivity contribution >= 4 is 0 Å². The summed E-state index contributed by atoms with van der Waals surface area (Å²) in [6.07, 6.45) is 2.48. The lowest BCUT2D eigenvalue weighted by Gasteiger charge is -2.26. The molecule has 1 fully saturated rings. The number of furan rings is 1. The number of nitrogens with zero attached hydrogens (tertiary/aromatic N) is 1. The zero-order chi connectivity index (χ0) is 15.2. The first-order valence-electron chi connectivity index (χ1n) is 8.12. The molecule has 0 saturated carbocycles. The predicted molar refractivity (Wildman–Crippen MR) is 85.3 cm³/mol. The largest absolute Gasteiger partial charge is 0.465 e. The molecule has 0 radical (unpaired) electrons. The van der Waals surface area contributed by atoms with Gasteiger partial charge in [0, 0.05) is 31.3 Å². The molecule has 2 rings (SSSR count). The Balaban J connectivity index is 1.82. The maximum atomic E-state index is 5.89. The molecule has 0 spiro atoms. The van der Waals surface area contributed by atoms with Gasteiger partial charge < -0.3 is 14.5 Å². The SMILES string of the molecule is Cc1oc(CN(C)CC2CCCOC2)cc1CNC(C)C. The molecule has 1 unspecified atom stereocenters. The van der Waals surface area contributed by atoms with E-state index < -0.39 is 0 Å². The van der Waals surface area contributed by atoms with Crippen LogP contribution in [0.2, 0.25) is 0 Å². The van der Waals surface area contributed by atoms with Gasteiger partial charge in [-0.2, -0.15) is 0 Å². The molecule has 1 aromatic heterocycles. The van der Waals surface area contributed by atoms with Crippen molar-refractivity contribution in [2.24, 2.45) is 5.92 Å². The third kappa shape index (κ3) is 5.46. The van der Waals surface area contributed by atoms with Crippen LogP contribution in [0.5, 0.6) is 0 Å². The first-order chi connectivity index (χ1) is 10.0.